The highest BCUT2D eigenvalue weighted by molar-refractivity contribution is 5.90. The van der Waals surface area contributed by atoms with Crippen molar-refractivity contribution in [1.82, 2.24) is 0 Å². The van der Waals surface area contributed by atoms with Crippen molar-refractivity contribution in [3.8, 4) is 0 Å². The largest absolute Gasteiger partial charge is 0.481 e. The average molecular weight is 515 g/mol. The van der Waals surface area contributed by atoms with Gasteiger partial charge in [0.25, 0.3) is 0 Å². The summed E-state index contributed by atoms with van der Waals surface area (Å²) in [5.74, 6) is -4.66. The highest BCUT2D eigenvalue weighted by Crippen LogP contribution is 2.20. The molecule has 36 heavy (non-hydrogen) atoms. The first kappa shape index (κ1) is 34.0. The van der Waals surface area contributed by atoms with Gasteiger partial charge in [-0.25, -0.2) is 4.79 Å². The number of carbonyl (C=O) groups excluding carboxylic acids is 2. The van der Waals surface area contributed by atoms with Gasteiger partial charge < -0.3 is 20.1 Å². The molecule has 0 bridgehead atoms. The van der Waals surface area contributed by atoms with Crippen molar-refractivity contribution in [1.29, 1.82) is 0 Å². The van der Waals surface area contributed by atoms with Gasteiger partial charge in [-0.3, -0.25) is 14.4 Å². The Balaban J connectivity index is 4.46. The second-order valence-corrected chi connectivity index (χ2v) is 10.0. The van der Waals surface area contributed by atoms with Crippen LogP contribution in [0, 0.1) is 0 Å². The molecule has 2 unspecified atom stereocenters. The van der Waals surface area contributed by atoms with Crippen LogP contribution in [0.2, 0.25) is 0 Å². The maximum absolute atomic E-state index is 12.6. The van der Waals surface area contributed by atoms with E-state index in [4.69, 9.17) is 14.9 Å². The SMILES string of the molecule is CCCCCCCCCCCCCCCC(OC(=O)CC(O)(CC(=O)O)C(=O)O)C(=O)CCCCC. The third-order valence-electron chi connectivity index (χ3n) is 6.51. The molecule has 0 aliphatic carbocycles. The van der Waals surface area contributed by atoms with Gasteiger partial charge in [-0.2, -0.15) is 0 Å². The fourth-order valence-corrected chi connectivity index (χ4v) is 4.25. The number of ketones is 1. The van der Waals surface area contributed by atoms with Crippen LogP contribution in [0.1, 0.15) is 142 Å². The van der Waals surface area contributed by atoms with Crippen molar-refractivity contribution in [2.24, 2.45) is 0 Å². The van der Waals surface area contributed by atoms with Gasteiger partial charge in [0.15, 0.2) is 17.5 Å². The zero-order valence-electron chi connectivity index (χ0n) is 22.6. The van der Waals surface area contributed by atoms with Gasteiger partial charge in [0.1, 0.15) is 0 Å². The smallest absolute Gasteiger partial charge is 0.336 e. The molecule has 0 aromatic rings. The molecule has 0 aliphatic heterocycles. The van der Waals surface area contributed by atoms with Gasteiger partial charge in [-0.1, -0.05) is 104 Å². The van der Waals surface area contributed by atoms with Crippen molar-refractivity contribution in [3.05, 3.63) is 0 Å². The van der Waals surface area contributed by atoms with Crippen LogP contribution in [0.4, 0.5) is 0 Å². The molecule has 0 saturated heterocycles. The molecule has 0 radical (unpaired) electrons. The van der Waals surface area contributed by atoms with E-state index in [1.54, 1.807) is 0 Å². The highest BCUT2D eigenvalue weighted by atomic mass is 16.5. The maximum atomic E-state index is 12.6. The van der Waals surface area contributed by atoms with Gasteiger partial charge >= 0.3 is 17.9 Å². The molecule has 2 atom stereocenters. The number of aliphatic hydroxyl groups is 1. The zero-order valence-corrected chi connectivity index (χ0v) is 22.6. The lowest BCUT2D eigenvalue weighted by molar-refractivity contribution is -0.174. The summed E-state index contributed by atoms with van der Waals surface area (Å²) in [4.78, 5) is 47.2. The number of carboxylic acids is 2. The molecule has 0 spiro atoms. The molecule has 0 amide bonds. The minimum atomic E-state index is -2.77. The van der Waals surface area contributed by atoms with E-state index in [0.29, 0.717) is 19.3 Å². The fraction of sp³-hybridized carbons (Fsp3) is 0.857. The van der Waals surface area contributed by atoms with Crippen LogP contribution >= 0.6 is 0 Å². The number of esters is 1. The second-order valence-electron chi connectivity index (χ2n) is 10.0. The van der Waals surface area contributed by atoms with E-state index in [2.05, 4.69) is 6.92 Å². The van der Waals surface area contributed by atoms with Crippen molar-refractivity contribution in [3.63, 3.8) is 0 Å². The lowest BCUT2D eigenvalue weighted by Crippen LogP contribution is -2.44. The van der Waals surface area contributed by atoms with Gasteiger partial charge in [-0.15, -0.1) is 0 Å². The average Bonchev–Trinajstić information content (AvgIpc) is 2.80. The second kappa shape index (κ2) is 21.2. The maximum Gasteiger partial charge on any atom is 0.336 e. The van der Waals surface area contributed by atoms with E-state index in [1.807, 2.05) is 6.92 Å². The number of rotatable bonds is 25. The summed E-state index contributed by atoms with van der Waals surface area (Å²) in [6.07, 6.45) is 15.4. The summed E-state index contributed by atoms with van der Waals surface area (Å²) in [7, 11) is 0. The number of Topliss-reactive ketones (excluding diaryl/α,β-unsaturated/α-hetero) is 1. The Labute approximate surface area is 217 Å². The predicted octanol–water partition coefficient (Wildman–Crippen LogP) is 6.21. The summed E-state index contributed by atoms with van der Waals surface area (Å²) in [5, 5.41) is 28.1. The van der Waals surface area contributed by atoms with E-state index in [9.17, 15) is 24.3 Å². The van der Waals surface area contributed by atoms with Crippen LogP contribution in [0.15, 0.2) is 0 Å². The Kier molecular flexibility index (Phi) is 20.0. The van der Waals surface area contributed by atoms with Crippen LogP contribution in [0.5, 0.6) is 0 Å². The van der Waals surface area contributed by atoms with Crippen molar-refractivity contribution < 1.29 is 39.2 Å². The first-order chi connectivity index (χ1) is 17.2. The first-order valence-electron chi connectivity index (χ1n) is 14.1. The topological polar surface area (TPSA) is 138 Å². The number of aliphatic carboxylic acids is 2. The zero-order chi connectivity index (χ0) is 27.2. The number of hydrogen-bond donors (Lipinski definition) is 3. The monoisotopic (exact) mass is 514 g/mol. The summed E-state index contributed by atoms with van der Waals surface area (Å²) in [6, 6.07) is 0. The van der Waals surface area contributed by atoms with Crippen LogP contribution in [-0.2, 0) is 23.9 Å². The van der Waals surface area contributed by atoms with E-state index < -0.39 is 42.5 Å². The molecule has 210 valence electrons. The lowest BCUT2D eigenvalue weighted by atomic mass is 9.95. The fourth-order valence-electron chi connectivity index (χ4n) is 4.25. The Morgan fingerprint density at radius 1 is 0.667 bits per heavy atom. The van der Waals surface area contributed by atoms with Gasteiger partial charge in [0.05, 0.1) is 12.8 Å². The third-order valence-corrected chi connectivity index (χ3v) is 6.51. The van der Waals surface area contributed by atoms with Crippen LogP contribution in [0.25, 0.3) is 0 Å². The van der Waals surface area contributed by atoms with Crippen LogP contribution in [-0.4, -0.2) is 50.7 Å². The van der Waals surface area contributed by atoms with E-state index in [1.165, 1.54) is 57.8 Å². The molecule has 0 aliphatic rings. The summed E-state index contributed by atoms with van der Waals surface area (Å²) in [6.45, 7) is 4.25. The molecule has 8 nitrogen and oxygen atoms in total. The number of unbranched alkanes of at least 4 members (excludes halogenated alkanes) is 14. The van der Waals surface area contributed by atoms with Crippen LogP contribution < -0.4 is 0 Å². The van der Waals surface area contributed by atoms with Crippen LogP contribution in [0.3, 0.4) is 0 Å². The minimum Gasteiger partial charge on any atom is -0.481 e. The molecule has 0 heterocycles. The van der Waals surface area contributed by atoms with Crippen molar-refractivity contribution in [2.45, 2.75) is 154 Å². The summed E-state index contributed by atoms with van der Waals surface area (Å²) < 4.78 is 5.27. The third kappa shape index (κ3) is 17.5. The molecule has 0 rings (SSSR count). The van der Waals surface area contributed by atoms with Gasteiger partial charge in [-0.05, 0) is 19.3 Å². The predicted molar refractivity (Wildman–Crippen MR) is 139 cm³/mol. The minimum absolute atomic E-state index is 0.215. The Morgan fingerprint density at radius 2 is 1.11 bits per heavy atom. The molecule has 0 fully saturated rings. The van der Waals surface area contributed by atoms with E-state index in [-0.39, 0.29) is 12.2 Å². The van der Waals surface area contributed by atoms with Crippen molar-refractivity contribution >= 4 is 23.7 Å². The summed E-state index contributed by atoms with van der Waals surface area (Å²) in [5.41, 5.74) is -2.77. The molecule has 8 heteroatoms. The standard InChI is InChI=1S/C28H50O8/c1-3-5-7-8-9-10-11-12-13-14-15-16-18-20-24(23(29)19-17-6-4-2)36-26(32)22-28(35,27(33)34)21-25(30)31/h24,35H,3-22H2,1-2H3,(H,30,31)(H,33,34). The molecule has 0 aromatic carbocycles. The Morgan fingerprint density at radius 3 is 1.56 bits per heavy atom. The van der Waals surface area contributed by atoms with E-state index in [0.717, 1.165) is 32.1 Å². The number of ether oxygens (including phenoxy) is 1. The summed E-state index contributed by atoms with van der Waals surface area (Å²) >= 11 is 0. The quantitative estimate of drug-likeness (QED) is 0.0965. The molecule has 3 N–H and O–H groups in total. The van der Waals surface area contributed by atoms with Gasteiger partial charge in [0, 0.05) is 6.42 Å². The number of hydrogen-bond acceptors (Lipinski definition) is 6. The Hall–Kier alpha value is -1.96. The number of carboxylic acid groups (broad SMARTS) is 2. The molecular formula is C28H50O8. The normalized spacial score (nSPS) is 13.6. The van der Waals surface area contributed by atoms with Gasteiger partial charge in [0.2, 0.25) is 0 Å². The molecule has 0 aromatic heterocycles. The lowest BCUT2D eigenvalue weighted by Gasteiger charge is -2.22. The number of carbonyl (C=O) groups is 4. The highest BCUT2D eigenvalue weighted by Gasteiger charge is 2.42. The Bertz CT molecular complexity index is 633. The van der Waals surface area contributed by atoms with Crippen molar-refractivity contribution in [2.75, 3.05) is 0 Å². The molecular weight excluding hydrogens is 464 g/mol. The van der Waals surface area contributed by atoms with E-state index >= 15 is 0 Å². The molecule has 0 saturated carbocycles. The first-order valence-corrected chi connectivity index (χ1v) is 14.1.